The summed E-state index contributed by atoms with van der Waals surface area (Å²) in [5.74, 6) is -2.67. The van der Waals surface area contributed by atoms with Gasteiger partial charge in [-0.05, 0) is 59.7 Å². The number of anilines is 1. The third-order valence-electron chi connectivity index (χ3n) is 4.65. The largest absolute Gasteiger partial charge is 0.481 e. The first kappa shape index (κ1) is 22.2. The van der Waals surface area contributed by atoms with Crippen LogP contribution in [0.1, 0.15) is 11.1 Å². The summed E-state index contributed by atoms with van der Waals surface area (Å²) in [6.07, 6.45) is 2.44. The minimum atomic E-state index is -0.964. The molecule has 0 aliphatic heterocycles. The van der Waals surface area contributed by atoms with Crippen LogP contribution < -0.4 is 5.32 Å². The number of benzene rings is 3. The Morgan fingerprint density at radius 1 is 1.06 bits per heavy atom. The highest BCUT2D eigenvalue weighted by Gasteiger charge is 2.13. The van der Waals surface area contributed by atoms with Gasteiger partial charge >= 0.3 is 5.97 Å². The van der Waals surface area contributed by atoms with Crippen LogP contribution in [0.5, 0.6) is 0 Å². The summed E-state index contributed by atoms with van der Waals surface area (Å²) in [6.45, 7) is 0. The summed E-state index contributed by atoms with van der Waals surface area (Å²) in [7, 11) is 0. The van der Waals surface area contributed by atoms with Gasteiger partial charge in [-0.1, -0.05) is 23.7 Å². The minimum Gasteiger partial charge on any atom is -0.481 e. The second-order valence-electron chi connectivity index (χ2n) is 7.08. The van der Waals surface area contributed by atoms with Crippen LogP contribution in [0.25, 0.3) is 28.6 Å². The van der Waals surface area contributed by atoms with Gasteiger partial charge in [-0.2, -0.15) is 0 Å². The molecule has 0 aliphatic rings. The molecule has 1 heterocycles. The zero-order chi connectivity index (χ0) is 23.5. The van der Waals surface area contributed by atoms with Crippen molar-refractivity contribution in [3.8, 4) is 11.5 Å². The third-order valence-corrected chi connectivity index (χ3v) is 4.94. The molecule has 2 N–H and O–H groups in total. The maximum Gasteiger partial charge on any atom is 0.307 e. The van der Waals surface area contributed by atoms with Crippen LogP contribution in [0.3, 0.4) is 0 Å². The van der Waals surface area contributed by atoms with Gasteiger partial charge in [0, 0.05) is 11.6 Å². The first-order valence-corrected chi connectivity index (χ1v) is 10.0. The fraction of sp³-hybridized carbons (Fsp3) is 0.0417. The van der Waals surface area contributed by atoms with E-state index in [-0.39, 0.29) is 23.0 Å². The monoisotopic (exact) mass is 468 g/mol. The van der Waals surface area contributed by atoms with Crippen molar-refractivity contribution in [2.45, 2.75) is 6.42 Å². The van der Waals surface area contributed by atoms with Crippen molar-refractivity contribution in [1.82, 2.24) is 4.98 Å². The Balaban J connectivity index is 1.49. The first-order chi connectivity index (χ1) is 15.8. The lowest BCUT2D eigenvalue weighted by molar-refractivity contribution is -0.136. The van der Waals surface area contributed by atoms with Crippen molar-refractivity contribution in [2.75, 3.05) is 5.32 Å². The van der Waals surface area contributed by atoms with Crippen molar-refractivity contribution >= 4 is 46.3 Å². The quantitative estimate of drug-likeness (QED) is 0.354. The van der Waals surface area contributed by atoms with E-state index in [0.717, 1.165) is 0 Å². The number of carbonyl (C=O) groups excluding carboxylic acids is 1. The topological polar surface area (TPSA) is 92.4 Å². The van der Waals surface area contributed by atoms with E-state index in [1.54, 1.807) is 18.2 Å². The normalized spacial score (nSPS) is 11.2. The van der Waals surface area contributed by atoms with Crippen LogP contribution in [0.15, 0.2) is 65.1 Å². The average molecular weight is 469 g/mol. The predicted molar refractivity (Wildman–Crippen MR) is 120 cm³/mol. The maximum absolute atomic E-state index is 14.6. The number of carbonyl (C=O) groups is 2. The number of nitrogens with one attached hydrogen (secondary N) is 1. The smallest absolute Gasteiger partial charge is 0.307 e. The highest BCUT2D eigenvalue weighted by Crippen LogP contribution is 2.28. The van der Waals surface area contributed by atoms with Gasteiger partial charge in [0.15, 0.2) is 5.58 Å². The molecule has 3 aromatic carbocycles. The third kappa shape index (κ3) is 5.24. The molecule has 33 heavy (non-hydrogen) atoms. The molecular formula is C24H15ClF2N2O4. The van der Waals surface area contributed by atoms with Crippen LogP contribution in [-0.4, -0.2) is 22.0 Å². The first-order valence-electron chi connectivity index (χ1n) is 9.64. The fourth-order valence-corrected chi connectivity index (χ4v) is 3.28. The van der Waals surface area contributed by atoms with Gasteiger partial charge in [0.05, 0.1) is 17.1 Å². The molecule has 4 rings (SSSR count). The molecule has 166 valence electrons. The maximum atomic E-state index is 14.6. The van der Waals surface area contributed by atoms with Gasteiger partial charge in [0.25, 0.3) is 0 Å². The molecule has 1 aromatic heterocycles. The molecule has 4 aromatic rings. The molecule has 0 unspecified atom stereocenters. The summed E-state index contributed by atoms with van der Waals surface area (Å²) < 4.78 is 33.4. The van der Waals surface area contributed by atoms with Gasteiger partial charge in [-0.15, -0.1) is 0 Å². The van der Waals surface area contributed by atoms with Gasteiger partial charge in [-0.3, -0.25) is 9.59 Å². The lowest BCUT2D eigenvalue weighted by Crippen LogP contribution is -2.09. The number of carboxylic acids is 1. The number of nitrogens with zero attached hydrogens (tertiary/aromatic N) is 1. The average Bonchev–Trinajstić information content (AvgIpc) is 3.19. The summed E-state index contributed by atoms with van der Waals surface area (Å²) in [4.78, 5) is 27.3. The van der Waals surface area contributed by atoms with Crippen LogP contribution >= 0.6 is 11.6 Å². The molecule has 0 saturated carbocycles. The summed E-state index contributed by atoms with van der Waals surface area (Å²) in [5.41, 5.74) is 2.25. The summed E-state index contributed by atoms with van der Waals surface area (Å²) in [5, 5.41) is 11.3. The Morgan fingerprint density at radius 3 is 2.61 bits per heavy atom. The number of oxazole rings is 1. The highest BCUT2D eigenvalue weighted by atomic mass is 35.5. The molecule has 0 fully saturated rings. The number of hydrogen-bond donors (Lipinski definition) is 2. The number of rotatable bonds is 6. The van der Waals surface area contributed by atoms with Crippen molar-refractivity contribution in [3.05, 3.63) is 88.5 Å². The second kappa shape index (κ2) is 9.22. The van der Waals surface area contributed by atoms with Crippen LogP contribution in [0.2, 0.25) is 5.02 Å². The molecule has 0 aliphatic carbocycles. The number of aliphatic carboxylic acids is 1. The molecule has 6 nitrogen and oxygen atoms in total. The molecule has 1 amide bonds. The van der Waals surface area contributed by atoms with Crippen LogP contribution in [0, 0.1) is 11.6 Å². The zero-order valence-electron chi connectivity index (χ0n) is 16.8. The Bertz CT molecular complexity index is 1420. The molecule has 0 radical (unpaired) electrons. The molecule has 0 atom stereocenters. The van der Waals surface area contributed by atoms with Crippen molar-refractivity contribution in [1.29, 1.82) is 0 Å². The Labute approximate surface area is 191 Å². The molecular weight excluding hydrogens is 454 g/mol. The fourth-order valence-electron chi connectivity index (χ4n) is 3.09. The lowest BCUT2D eigenvalue weighted by Gasteiger charge is -2.05. The molecule has 0 saturated heterocycles. The number of hydrogen-bond acceptors (Lipinski definition) is 4. The van der Waals surface area contributed by atoms with E-state index < -0.39 is 23.5 Å². The number of fused-ring (bicyclic) bond motifs is 1. The van der Waals surface area contributed by atoms with E-state index >= 15 is 0 Å². The number of amides is 1. The van der Waals surface area contributed by atoms with Crippen molar-refractivity contribution < 1.29 is 27.9 Å². The lowest BCUT2D eigenvalue weighted by atomic mass is 10.1. The van der Waals surface area contributed by atoms with Gasteiger partial charge in [0.2, 0.25) is 11.8 Å². The van der Waals surface area contributed by atoms with E-state index in [9.17, 15) is 18.4 Å². The number of carboxylic acid groups (broad SMARTS) is 1. The van der Waals surface area contributed by atoms with Crippen LogP contribution in [0.4, 0.5) is 14.5 Å². The zero-order valence-corrected chi connectivity index (χ0v) is 17.6. The van der Waals surface area contributed by atoms with Crippen molar-refractivity contribution in [3.63, 3.8) is 0 Å². The molecule has 0 spiro atoms. The van der Waals surface area contributed by atoms with Crippen LogP contribution in [-0.2, 0) is 16.0 Å². The van der Waals surface area contributed by atoms with E-state index in [2.05, 4.69) is 10.3 Å². The van der Waals surface area contributed by atoms with Crippen molar-refractivity contribution in [2.24, 2.45) is 0 Å². The number of aromatic nitrogens is 1. The van der Waals surface area contributed by atoms with E-state index in [1.807, 2.05) is 0 Å². The number of halogens is 3. The Hall–Kier alpha value is -4.04. The van der Waals surface area contributed by atoms with E-state index in [1.165, 1.54) is 48.6 Å². The van der Waals surface area contributed by atoms with Gasteiger partial charge in [-0.25, -0.2) is 13.8 Å². The predicted octanol–water partition coefficient (Wildman–Crippen LogP) is 5.71. The Morgan fingerprint density at radius 2 is 1.88 bits per heavy atom. The standard InChI is InChI=1S/C24H15ClF2N2O4/c25-16-9-13(1-5-17(16)26)3-8-22(30)28-19-6-4-15(12-18(19)27)24-29-20-10-14(11-23(31)32)2-7-21(20)33-24/h1-10,12H,11H2,(H,28,30)(H,31,32)/b8-3+. The molecule has 9 heteroatoms. The van der Waals surface area contributed by atoms with Gasteiger partial charge < -0.3 is 14.8 Å². The second-order valence-corrected chi connectivity index (χ2v) is 7.49. The summed E-state index contributed by atoms with van der Waals surface area (Å²) >= 11 is 5.70. The Kier molecular flexibility index (Phi) is 6.19. The van der Waals surface area contributed by atoms with E-state index in [4.69, 9.17) is 21.1 Å². The molecule has 0 bridgehead atoms. The van der Waals surface area contributed by atoms with Gasteiger partial charge in [0.1, 0.15) is 17.2 Å². The van der Waals surface area contributed by atoms with E-state index in [0.29, 0.717) is 27.8 Å². The summed E-state index contributed by atoms with van der Waals surface area (Å²) in [6, 6.07) is 12.9. The highest BCUT2D eigenvalue weighted by molar-refractivity contribution is 6.30. The SMILES string of the molecule is O=C(O)Cc1ccc2oc(-c3ccc(NC(=O)/C=C/c4ccc(F)c(Cl)c4)c(F)c3)nc2c1. The minimum absolute atomic E-state index is 0.0506.